The van der Waals surface area contributed by atoms with Crippen LogP contribution in [0.5, 0.6) is 5.75 Å². The van der Waals surface area contributed by atoms with Gasteiger partial charge in [-0.1, -0.05) is 26.2 Å². The summed E-state index contributed by atoms with van der Waals surface area (Å²) in [6, 6.07) is 0. The fourth-order valence-electron chi connectivity index (χ4n) is 2.69. The van der Waals surface area contributed by atoms with E-state index in [0.29, 0.717) is 0 Å². The molecule has 0 aromatic carbocycles. The molecule has 0 bridgehead atoms. The van der Waals surface area contributed by atoms with Gasteiger partial charge in [-0.2, -0.15) is 0 Å². The minimum Gasteiger partial charge on any atom is -0.490 e. The van der Waals surface area contributed by atoms with Gasteiger partial charge in [-0.25, -0.2) is 9.97 Å². The number of anilines is 2. The maximum atomic E-state index is 5.46. The molecule has 1 aliphatic carbocycles. The molecule has 5 heteroatoms. The zero-order valence-electron chi connectivity index (χ0n) is 12.6. The largest absolute Gasteiger partial charge is 0.490 e. The molecule has 0 amide bonds. The first-order valence-electron chi connectivity index (χ1n) is 7.71. The van der Waals surface area contributed by atoms with Crippen LogP contribution in [0.3, 0.4) is 0 Å². The van der Waals surface area contributed by atoms with Crippen LogP contribution in [0.1, 0.15) is 45.4 Å². The van der Waals surface area contributed by atoms with Gasteiger partial charge in [-0.3, -0.25) is 0 Å². The van der Waals surface area contributed by atoms with Gasteiger partial charge in [-0.15, -0.1) is 0 Å². The number of rotatable bonds is 7. The second-order valence-electron chi connectivity index (χ2n) is 5.42. The molecule has 5 nitrogen and oxygen atoms in total. The van der Waals surface area contributed by atoms with Crippen LogP contribution >= 0.6 is 0 Å². The van der Waals surface area contributed by atoms with Crippen molar-refractivity contribution in [2.24, 2.45) is 5.92 Å². The molecule has 0 spiro atoms. The van der Waals surface area contributed by atoms with Gasteiger partial charge in [0.2, 0.25) is 5.75 Å². The van der Waals surface area contributed by atoms with Crippen molar-refractivity contribution in [2.45, 2.75) is 45.4 Å². The highest BCUT2D eigenvalue weighted by molar-refractivity contribution is 5.63. The molecule has 0 saturated heterocycles. The van der Waals surface area contributed by atoms with Gasteiger partial charge in [0.25, 0.3) is 0 Å². The number of ether oxygens (including phenoxy) is 1. The summed E-state index contributed by atoms with van der Waals surface area (Å²) in [5.41, 5.74) is 0. The van der Waals surface area contributed by atoms with E-state index in [1.54, 1.807) is 13.4 Å². The predicted molar refractivity (Wildman–Crippen MR) is 82.4 cm³/mol. The molecule has 2 rings (SSSR count). The predicted octanol–water partition coefficient (Wildman–Crippen LogP) is 3.30. The van der Waals surface area contributed by atoms with E-state index in [-0.39, 0.29) is 0 Å². The summed E-state index contributed by atoms with van der Waals surface area (Å²) in [6.07, 6.45) is 9.38. The maximum absolute atomic E-state index is 5.46. The van der Waals surface area contributed by atoms with E-state index < -0.39 is 0 Å². The molecule has 1 aromatic heterocycles. The maximum Gasteiger partial charge on any atom is 0.204 e. The first kappa shape index (κ1) is 14.9. The Bertz CT molecular complexity index is 405. The van der Waals surface area contributed by atoms with E-state index in [0.717, 1.165) is 42.8 Å². The third-order valence-electron chi connectivity index (χ3n) is 3.83. The Hall–Kier alpha value is -1.52. The molecule has 1 aromatic rings. The fraction of sp³-hybridized carbons (Fsp3) is 0.733. The van der Waals surface area contributed by atoms with E-state index >= 15 is 0 Å². The smallest absolute Gasteiger partial charge is 0.204 e. The highest BCUT2D eigenvalue weighted by Gasteiger charge is 2.16. The summed E-state index contributed by atoms with van der Waals surface area (Å²) in [7, 11) is 1.67. The van der Waals surface area contributed by atoms with Gasteiger partial charge in [0, 0.05) is 13.1 Å². The first-order valence-corrected chi connectivity index (χ1v) is 7.71. The standard InChI is InChI=1S/C15H26N4O/c1-3-9-16-14-13(20-2)15(19-11-18-14)17-10-12-7-5-4-6-8-12/h11-12H,3-10H2,1-2H3,(H2,16,17,18,19). The lowest BCUT2D eigenvalue weighted by atomic mass is 9.89. The highest BCUT2D eigenvalue weighted by atomic mass is 16.5. The molecule has 1 heterocycles. The highest BCUT2D eigenvalue weighted by Crippen LogP contribution is 2.30. The monoisotopic (exact) mass is 278 g/mol. The molecule has 0 atom stereocenters. The van der Waals surface area contributed by atoms with E-state index in [1.165, 1.54) is 32.1 Å². The lowest BCUT2D eigenvalue weighted by molar-refractivity contribution is 0.371. The number of hydrogen-bond donors (Lipinski definition) is 2. The Morgan fingerprint density at radius 1 is 1.15 bits per heavy atom. The Morgan fingerprint density at radius 2 is 1.85 bits per heavy atom. The van der Waals surface area contributed by atoms with Crippen LogP contribution in [-0.4, -0.2) is 30.2 Å². The number of aromatic nitrogens is 2. The van der Waals surface area contributed by atoms with Crippen LogP contribution in [0.4, 0.5) is 11.6 Å². The van der Waals surface area contributed by atoms with Crippen LogP contribution in [0.15, 0.2) is 6.33 Å². The van der Waals surface area contributed by atoms with Gasteiger partial charge in [0.05, 0.1) is 7.11 Å². The Labute approximate surface area is 121 Å². The molecule has 1 aliphatic rings. The molecule has 0 unspecified atom stereocenters. The topological polar surface area (TPSA) is 59.1 Å². The first-order chi connectivity index (χ1) is 9.85. The van der Waals surface area contributed by atoms with Crippen molar-refractivity contribution in [1.29, 1.82) is 0 Å². The average molecular weight is 278 g/mol. The second-order valence-corrected chi connectivity index (χ2v) is 5.42. The van der Waals surface area contributed by atoms with Crippen molar-refractivity contribution in [2.75, 3.05) is 30.8 Å². The van der Waals surface area contributed by atoms with Crippen LogP contribution in [0, 0.1) is 5.92 Å². The zero-order valence-corrected chi connectivity index (χ0v) is 12.6. The summed E-state index contributed by atoms with van der Waals surface area (Å²) in [5, 5.41) is 6.71. The minimum absolute atomic E-state index is 0.719. The quantitative estimate of drug-likeness (QED) is 0.801. The van der Waals surface area contributed by atoms with Gasteiger partial charge in [0.15, 0.2) is 11.6 Å². The van der Waals surface area contributed by atoms with Crippen molar-refractivity contribution in [3.8, 4) is 5.75 Å². The van der Waals surface area contributed by atoms with Crippen molar-refractivity contribution >= 4 is 11.6 Å². The second kappa shape index (κ2) is 7.92. The van der Waals surface area contributed by atoms with E-state index in [1.807, 2.05) is 0 Å². The van der Waals surface area contributed by atoms with Crippen LogP contribution in [0.2, 0.25) is 0 Å². The summed E-state index contributed by atoms with van der Waals surface area (Å²) < 4.78 is 5.46. The van der Waals surface area contributed by atoms with Gasteiger partial charge in [-0.05, 0) is 25.2 Å². The minimum atomic E-state index is 0.719. The molecule has 2 N–H and O–H groups in total. The SMILES string of the molecule is CCCNc1ncnc(NCC2CCCCC2)c1OC. The molecular formula is C15H26N4O. The van der Waals surface area contributed by atoms with Gasteiger partial charge < -0.3 is 15.4 Å². The van der Waals surface area contributed by atoms with Crippen molar-refractivity contribution < 1.29 is 4.74 Å². The van der Waals surface area contributed by atoms with Gasteiger partial charge in [0.1, 0.15) is 6.33 Å². The molecule has 20 heavy (non-hydrogen) atoms. The molecule has 112 valence electrons. The van der Waals surface area contributed by atoms with Gasteiger partial charge >= 0.3 is 0 Å². The third-order valence-corrected chi connectivity index (χ3v) is 3.83. The Morgan fingerprint density at radius 3 is 2.50 bits per heavy atom. The number of methoxy groups -OCH3 is 1. The number of nitrogens with one attached hydrogen (secondary N) is 2. The molecule has 1 fully saturated rings. The molecule has 1 saturated carbocycles. The van der Waals surface area contributed by atoms with E-state index in [2.05, 4.69) is 27.5 Å². The number of hydrogen-bond acceptors (Lipinski definition) is 5. The third kappa shape index (κ3) is 3.99. The summed E-state index contributed by atoms with van der Waals surface area (Å²) in [5.74, 6) is 3.05. The molecular weight excluding hydrogens is 252 g/mol. The lowest BCUT2D eigenvalue weighted by Gasteiger charge is -2.22. The van der Waals surface area contributed by atoms with Crippen LogP contribution in [-0.2, 0) is 0 Å². The summed E-state index contributed by atoms with van der Waals surface area (Å²) in [4.78, 5) is 8.57. The normalized spacial score (nSPS) is 15.9. The van der Waals surface area contributed by atoms with E-state index in [4.69, 9.17) is 4.74 Å². The molecule has 0 aliphatic heterocycles. The Balaban J connectivity index is 1.98. The molecule has 0 radical (unpaired) electrons. The van der Waals surface area contributed by atoms with Crippen LogP contribution in [0.25, 0.3) is 0 Å². The van der Waals surface area contributed by atoms with Crippen molar-refractivity contribution in [3.63, 3.8) is 0 Å². The Kier molecular flexibility index (Phi) is 5.89. The number of nitrogens with zero attached hydrogens (tertiary/aromatic N) is 2. The van der Waals surface area contributed by atoms with Crippen molar-refractivity contribution in [1.82, 2.24) is 9.97 Å². The summed E-state index contributed by atoms with van der Waals surface area (Å²) >= 11 is 0. The summed E-state index contributed by atoms with van der Waals surface area (Å²) in [6.45, 7) is 3.99. The fourth-order valence-corrected chi connectivity index (χ4v) is 2.69. The zero-order chi connectivity index (χ0) is 14.2. The average Bonchev–Trinajstić information content (AvgIpc) is 2.51. The lowest BCUT2D eigenvalue weighted by Crippen LogP contribution is -2.18. The van der Waals surface area contributed by atoms with Crippen LogP contribution < -0.4 is 15.4 Å². The van der Waals surface area contributed by atoms with E-state index in [9.17, 15) is 0 Å². The van der Waals surface area contributed by atoms with Crippen molar-refractivity contribution in [3.05, 3.63) is 6.33 Å².